The third-order valence-electron chi connectivity index (χ3n) is 4.19. The van der Waals surface area contributed by atoms with Gasteiger partial charge < -0.3 is 4.74 Å². The summed E-state index contributed by atoms with van der Waals surface area (Å²) in [5.74, 6) is -0.467. The van der Waals surface area contributed by atoms with E-state index < -0.39 is 5.82 Å². The predicted molar refractivity (Wildman–Crippen MR) is 121 cm³/mol. The van der Waals surface area contributed by atoms with Crippen LogP contribution in [0.1, 0.15) is 0 Å². The molecule has 0 fully saturated rings. The molecule has 0 spiro atoms. The van der Waals surface area contributed by atoms with Gasteiger partial charge in [-0.15, -0.1) is 10.2 Å². The Hall–Kier alpha value is -1.96. The van der Waals surface area contributed by atoms with E-state index >= 15 is 0 Å². The van der Waals surface area contributed by atoms with Crippen molar-refractivity contribution in [2.75, 3.05) is 7.11 Å². The quantitative estimate of drug-likeness (QED) is 0.288. The van der Waals surface area contributed by atoms with Gasteiger partial charge in [0, 0.05) is 22.2 Å². The number of ether oxygens (including phenoxy) is 1. The van der Waals surface area contributed by atoms with Gasteiger partial charge in [-0.1, -0.05) is 69.9 Å². The second-order valence-electron chi connectivity index (χ2n) is 6.00. The highest BCUT2D eigenvalue weighted by Gasteiger charge is 2.26. The first-order valence-electron chi connectivity index (χ1n) is 8.37. The number of rotatable bonds is 4. The van der Waals surface area contributed by atoms with E-state index in [9.17, 15) is 4.39 Å². The number of benzene rings is 1. The van der Waals surface area contributed by atoms with Gasteiger partial charge in [0.25, 0.3) is 0 Å². The zero-order valence-corrected chi connectivity index (χ0v) is 18.9. The lowest BCUT2D eigenvalue weighted by atomic mass is 9.98. The number of hydrogen-bond donors (Lipinski definition) is 0. The number of halogens is 5. The van der Waals surface area contributed by atoms with Gasteiger partial charge in [0.05, 0.1) is 33.4 Å². The summed E-state index contributed by atoms with van der Waals surface area (Å²) in [5, 5.41) is 9.76. The minimum Gasteiger partial charge on any atom is -0.486 e. The van der Waals surface area contributed by atoms with Crippen LogP contribution in [0.4, 0.5) is 4.39 Å². The van der Waals surface area contributed by atoms with Crippen molar-refractivity contribution >= 4 is 57.7 Å². The van der Waals surface area contributed by atoms with Gasteiger partial charge >= 0.3 is 0 Å². The fourth-order valence-electron chi connectivity index (χ4n) is 2.93. The monoisotopic (exact) mass is 499 g/mol. The summed E-state index contributed by atoms with van der Waals surface area (Å²) < 4.78 is 20.0. The highest BCUT2D eigenvalue weighted by atomic mass is 35.5. The second-order valence-corrected chi connectivity index (χ2v) is 8.63. The Bertz CT molecular complexity index is 1270. The molecule has 0 aliphatic carbocycles. The van der Waals surface area contributed by atoms with E-state index in [1.807, 2.05) is 0 Å². The summed E-state index contributed by atoms with van der Waals surface area (Å²) >= 11 is 26.4. The van der Waals surface area contributed by atoms with Crippen molar-refractivity contribution in [1.29, 1.82) is 0 Å². The summed E-state index contributed by atoms with van der Waals surface area (Å²) in [6, 6.07) is 9.46. The van der Waals surface area contributed by atoms with E-state index in [0.29, 0.717) is 36.8 Å². The van der Waals surface area contributed by atoms with Crippen molar-refractivity contribution < 1.29 is 9.13 Å². The van der Waals surface area contributed by atoms with E-state index in [4.69, 9.17) is 51.1 Å². The lowest BCUT2D eigenvalue weighted by Gasteiger charge is -2.15. The number of aromatic nitrogens is 3. The van der Waals surface area contributed by atoms with E-state index in [1.165, 1.54) is 36.8 Å². The maximum absolute atomic E-state index is 14.7. The molecule has 3 aromatic heterocycles. The maximum atomic E-state index is 14.7. The van der Waals surface area contributed by atoms with Crippen LogP contribution in [-0.2, 0) is 0 Å². The summed E-state index contributed by atoms with van der Waals surface area (Å²) in [5.41, 5.74) is 1.70. The van der Waals surface area contributed by atoms with Crippen molar-refractivity contribution in [3.63, 3.8) is 0 Å². The summed E-state index contributed by atoms with van der Waals surface area (Å²) in [4.78, 5) is 4.97. The van der Waals surface area contributed by atoms with Gasteiger partial charge in [0.2, 0.25) is 0 Å². The first-order valence-corrected chi connectivity index (χ1v) is 10.7. The molecule has 0 bridgehead atoms. The molecule has 0 unspecified atom stereocenters. The van der Waals surface area contributed by atoms with Crippen LogP contribution < -0.4 is 4.74 Å². The average Bonchev–Trinajstić information content (AvgIpc) is 3.09. The third-order valence-corrected chi connectivity index (χ3v) is 6.46. The molecule has 4 nitrogen and oxygen atoms in total. The molecule has 3 heterocycles. The Balaban J connectivity index is 2.12. The zero-order chi connectivity index (χ0) is 21.4. The molecule has 0 N–H and O–H groups in total. The molecule has 30 heavy (non-hydrogen) atoms. The minimum atomic E-state index is -0.467. The Morgan fingerprint density at radius 3 is 2.37 bits per heavy atom. The smallest absolute Gasteiger partial charge is 0.193 e. The first kappa shape index (κ1) is 21.3. The molecule has 152 valence electrons. The first-order chi connectivity index (χ1) is 14.4. The molecular weight excluding hydrogens is 491 g/mol. The molecule has 4 aromatic rings. The number of pyridine rings is 1. The highest BCUT2D eigenvalue weighted by molar-refractivity contribution is 7.18. The van der Waals surface area contributed by atoms with Gasteiger partial charge in [0.1, 0.15) is 11.5 Å². The summed E-state index contributed by atoms with van der Waals surface area (Å²) in [7, 11) is 1.51. The van der Waals surface area contributed by atoms with Gasteiger partial charge in [-0.05, 0) is 24.3 Å². The van der Waals surface area contributed by atoms with E-state index in [-0.39, 0.29) is 21.4 Å². The van der Waals surface area contributed by atoms with E-state index in [2.05, 4.69) is 15.2 Å². The molecule has 0 radical (unpaired) electrons. The van der Waals surface area contributed by atoms with Crippen LogP contribution >= 0.6 is 57.7 Å². The van der Waals surface area contributed by atoms with Crippen LogP contribution in [0.2, 0.25) is 20.2 Å². The molecule has 0 aliphatic rings. The van der Waals surface area contributed by atoms with Crippen molar-refractivity contribution in [3.8, 4) is 38.0 Å². The molecule has 0 saturated carbocycles. The minimum absolute atomic E-state index is 0.0466. The van der Waals surface area contributed by atoms with Crippen LogP contribution in [0.25, 0.3) is 33.0 Å². The lowest BCUT2D eigenvalue weighted by molar-refractivity contribution is 0.427. The van der Waals surface area contributed by atoms with Gasteiger partial charge in [0.15, 0.2) is 10.2 Å². The maximum Gasteiger partial charge on any atom is 0.193 e. The predicted octanol–water partition coefficient (Wildman–Crippen LogP) is 7.70. The largest absolute Gasteiger partial charge is 0.486 e. The molecule has 0 amide bonds. The number of methoxy groups -OCH3 is 1. The molecule has 0 aliphatic heterocycles. The van der Waals surface area contributed by atoms with Crippen molar-refractivity contribution in [1.82, 2.24) is 15.2 Å². The standard InChI is InChI=1S/C20H10Cl4FN3OS/c1-29-20-12(23)7-14(30-20)15-16(18-11(22)6-9(21)8-26-18)19(24)28-27-17(15)10-4-2-3-5-13(10)25/h2-8H,1H3. The number of hydrogen-bond acceptors (Lipinski definition) is 5. The topological polar surface area (TPSA) is 47.9 Å². The Morgan fingerprint density at radius 2 is 1.70 bits per heavy atom. The average molecular weight is 501 g/mol. The molecule has 1 aromatic carbocycles. The van der Waals surface area contributed by atoms with Crippen LogP contribution in [-0.4, -0.2) is 22.3 Å². The SMILES string of the molecule is COc1sc(-c2c(-c3ccccc3F)nnc(Cl)c2-c2ncc(Cl)cc2Cl)cc1Cl. The fraction of sp³-hybridized carbons (Fsp3) is 0.0500. The molecule has 4 rings (SSSR count). The van der Waals surface area contributed by atoms with Gasteiger partial charge in [-0.3, -0.25) is 4.98 Å². The summed E-state index contributed by atoms with van der Waals surface area (Å²) in [6.07, 6.45) is 1.44. The number of thiophene rings is 1. The third kappa shape index (κ3) is 3.86. The van der Waals surface area contributed by atoms with Crippen molar-refractivity contribution in [2.24, 2.45) is 0 Å². The highest BCUT2D eigenvalue weighted by Crippen LogP contribution is 2.49. The molecule has 10 heteroatoms. The normalized spacial score (nSPS) is 11.0. The summed E-state index contributed by atoms with van der Waals surface area (Å²) in [6.45, 7) is 0. The molecule has 0 saturated heterocycles. The zero-order valence-electron chi connectivity index (χ0n) is 15.1. The molecular formula is C20H10Cl4FN3OS. The van der Waals surface area contributed by atoms with Crippen molar-refractivity contribution in [3.05, 3.63) is 68.6 Å². The van der Waals surface area contributed by atoms with Crippen LogP contribution in [0.5, 0.6) is 5.06 Å². The Kier molecular flexibility index (Phi) is 6.14. The Morgan fingerprint density at radius 1 is 0.933 bits per heavy atom. The van der Waals surface area contributed by atoms with Gasteiger partial charge in [-0.2, -0.15) is 0 Å². The van der Waals surface area contributed by atoms with Crippen molar-refractivity contribution in [2.45, 2.75) is 0 Å². The van der Waals surface area contributed by atoms with Gasteiger partial charge in [-0.25, -0.2) is 4.39 Å². The lowest BCUT2D eigenvalue weighted by Crippen LogP contribution is -2.00. The van der Waals surface area contributed by atoms with Crippen LogP contribution in [0.15, 0.2) is 42.6 Å². The second kappa shape index (κ2) is 8.65. The Labute approximate surface area is 195 Å². The fourth-order valence-corrected chi connectivity index (χ4v) is 4.91. The van der Waals surface area contributed by atoms with E-state index in [1.54, 1.807) is 24.3 Å². The van der Waals surface area contributed by atoms with Crippen LogP contribution in [0, 0.1) is 5.82 Å². The van der Waals surface area contributed by atoms with Crippen LogP contribution in [0.3, 0.4) is 0 Å². The number of nitrogens with zero attached hydrogens (tertiary/aromatic N) is 3. The molecule has 0 atom stereocenters. The van der Waals surface area contributed by atoms with E-state index in [0.717, 1.165) is 0 Å².